The van der Waals surface area contributed by atoms with E-state index in [2.05, 4.69) is 20.7 Å². The summed E-state index contributed by atoms with van der Waals surface area (Å²) in [6.07, 6.45) is 0. The number of nitrogens with one attached hydrogen (secondary N) is 1. The number of hydrogen-bond donors (Lipinski definition) is 2. The van der Waals surface area contributed by atoms with Crippen molar-refractivity contribution in [1.82, 2.24) is 0 Å². The topological polar surface area (TPSA) is 72.2 Å². The quantitative estimate of drug-likeness (QED) is 0.827. The van der Waals surface area contributed by atoms with Crippen LogP contribution in [0.3, 0.4) is 0 Å². The van der Waals surface area contributed by atoms with E-state index in [1.54, 1.807) is 13.0 Å². The van der Waals surface area contributed by atoms with Crippen LogP contribution in [0.4, 0.5) is 15.8 Å². The van der Waals surface area contributed by atoms with Crippen LogP contribution in [0.2, 0.25) is 0 Å². The van der Waals surface area contributed by atoms with Crippen molar-refractivity contribution >= 4 is 37.3 Å². The Labute approximate surface area is 125 Å². The highest BCUT2D eigenvalue weighted by molar-refractivity contribution is 9.10. The summed E-state index contributed by atoms with van der Waals surface area (Å²) in [5, 5.41) is 0. The molecule has 0 heterocycles. The monoisotopic (exact) mass is 358 g/mol. The zero-order valence-electron chi connectivity index (χ0n) is 10.5. The van der Waals surface area contributed by atoms with Gasteiger partial charge >= 0.3 is 0 Å². The predicted octanol–water partition coefficient (Wildman–Crippen LogP) is 3.28. The average molecular weight is 359 g/mol. The standard InChI is InChI=1S/C13H12BrFN2O2S/c1-8-2-5-13(11(15)6-8)17-20(18,19)9-3-4-10(14)12(16)7-9/h2-7,17H,16H2,1H3. The van der Waals surface area contributed by atoms with Crippen molar-refractivity contribution in [3.05, 3.63) is 52.3 Å². The number of aryl methyl sites for hydroxylation is 1. The van der Waals surface area contributed by atoms with Gasteiger partial charge in [0.15, 0.2) is 0 Å². The van der Waals surface area contributed by atoms with Crippen LogP contribution in [0.5, 0.6) is 0 Å². The molecule has 0 saturated heterocycles. The van der Waals surface area contributed by atoms with Crippen LogP contribution in [0, 0.1) is 12.7 Å². The summed E-state index contributed by atoms with van der Waals surface area (Å²) in [5.41, 5.74) is 6.54. The van der Waals surface area contributed by atoms with Crippen LogP contribution in [0.1, 0.15) is 5.56 Å². The maximum absolute atomic E-state index is 13.7. The van der Waals surface area contributed by atoms with Crippen LogP contribution >= 0.6 is 15.9 Å². The zero-order chi connectivity index (χ0) is 14.9. The van der Waals surface area contributed by atoms with E-state index in [0.29, 0.717) is 10.0 Å². The number of nitrogen functional groups attached to an aromatic ring is 1. The molecular weight excluding hydrogens is 347 g/mol. The minimum atomic E-state index is -3.88. The van der Waals surface area contributed by atoms with E-state index < -0.39 is 15.8 Å². The lowest BCUT2D eigenvalue weighted by Crippen LogP contribution is -2.14. The first-order chi connectivity index (χ1) is 9.29. The van der Waals surface area contributed by atoms with Crippen molar-refractivity contribution in [2.75, 3.05) is 10.5 Å². The fourth-order valence-electron chi connectivity index (χ4n) is 1.60. The number of nitrogens with two attached hydrogens (primary N) is 1. The number of benzene rings is 2. The molecule has 0 fully saturated rings. The molecule has 0 radical (unpaired) electrons. The minimum Gasteiger partial charge on any atom is -0.398 e. The smallest absolute Gasteiger partial charge is 0.262 e. The van der Waals surface area contributed by atoms with Crippen molar-refractivity contribution in [1.29, 1.82) is 0 Å². The van der Waals surface area contributed by atoms with Gasteiger partial charge in [0.05, 0.1) is 10.6 Å². The Morgan fingerprint density at radius 3 is 2.50 bits per heavy atom. The van der Waals surface area contributed by atoms with E-state index in [1.807, 2.05) is 0 Å². The first-order valence-corrected chi connectivity index (χ1v) is 7.91. The molecule has 0 atom stereocenters. The van der Waals surface area contributed by atoms with Gasteiger partial charge in [0.1, 0.15) is 5.82 Å². The Morgan fingerprint density at radius 2 is 1.90 bits per heavy atom. The van der Waals surface area contributed by atoms with Gasteiger partial charge in [0.2, 0.25) is 0 Å². The predicted molar refractivity (Wildman–Crippen MR) is 80.5 cm³/mol. The molecule has 0 amide bonds. The molecule has 0 saturated carbocycles. The Balaban J connectivity index is 2.38. The second-order valence-corrected chi connectivity index (χ2v) is 6.81. The molecule has 0 spiro atoms. The molecular formula is C13H12BrFN2O2S. The molecule has 4 nitrogen and oxygen atoms in total. The first-order valence-electron chi connectivity index (χ1n) is 5.63. The number of rotatable bonds is 3. The molecule has 2 rings (SSSR count). The molecule has 106 valence electrons. The SMILES string of the molecule is Cc1ccc(NS(=O)(=O)c2ccc(Br)c(N)c2)c(F)c1. The molecule has 2 aromatic rings. The van der Waals surface area contributed by atoms with Crippen LogP contribution in [-0.2, 0) is 10.0 Å². The highest BCUT2D eigenvalue weighted by Gasteiger charge is 2.17. The summed E-state index contributed by atoms with van der Waals surface area (Å²) in [5.74, 6) is -0.626. The highest BCUT2D eigenvalue weighted by atomic mass is 79.9. The van der Waals surface area contributed by atoms with Crippen molar-refractivity contribution in [3.63, 3.8) is 0 Å². The van der Waals surface area contributed by atoms with Gasteiger partial charge in [-0.25, -0.2) is 12.8 Å². The molecule has 0 aliphatic carbocycles. The van der Waals surface area contributed by atoms with Gasteiger partial charge in [-0.2, -0.15) is 0 Å². The molecule has 0 unspecified atom stereocenters. The Kier molecular flexibility index (Phi) is 4.01. The third kappa shape index (κ3) is 3.10. The fraction of sp³-hybridized carbons (Fsp3) is 0.0769. The lowest BCUT2D eigenvalue weighted by molar-refractivity contribution is 0.598. The molecule has 3 N–H and O–H groups in total. The van der Waals surface area contributed by atoms with Crippen molar-refractivity contribution < 1.29 is 12.8 Å². The summed E-state index contributed by atoms with van der Waals surface area (Å²) in [6.45, 7) is 1.72. The maximum atomic E-state index is 13.7. The normalized spacial score (nSPS) is 11.3. The largest absolute Gasteiger partial charge is 0.398 e. The molecule has 2 aromatic carbocycles. The summed E-state index contributed by atoms with van der Waals surface area (Å²) < 4.78 is 40.8. The molecule has 7 heteroatoms. The van der Waals surface area contributed by atoms with Crippen molar-refractivity contribution in [3.8, 4) is 0 Å². The van der Waals surface area contributed by atoms with Gasteiger partial charge < -0.3 is 5.73 Å². The summed E-state index contributed by atoms with van der Waals surface area (Å²) in [7, 11) is -3.88. The lowest BCUT2D eigenvalue weighted by Gasteiger charge is -2.10. The van der Waals surface area contributed by atoms with Crippen LogP contribution < -0.4 is 10.5 Å². The van der Waals surface area contributed by atoms with E-state index in [4.69, 9.17) is 5.73 Å². The van der Waals surface area contributed by atoms with E-state index in [1.165, 1.54) is 30.3 Å². The van der Waals surface area contributed by atoms with Crippen LogP contribution in [0.15, 0.2) is 45.8 Å². The van der Waals surface area contributed by atoms with Gasteiger partial charge in [-0.15, -0.1) is 0 Å². The zero-order valence-corrected chi connectivity index (χ0v) is 12.9. The highest BCUT2D eigenvalue weighted by Crippen LogP contribution is 2.25. The van der Waals surface area contributed by atoms with E-state index in [0.717, 1.165) is 0 Å². The summed E-state index contributed by atoms with van der Waals surface area (Å²) in [6, 6.07) is 8.47. The molecule has 0 bridgehead atoms. The van der Waals surface area contributed by atoms with Crippen LogP contribution in [-0.4, -0.2) is 8.42 Å². The lowest BCUT2D eigenvalue weighted by atomic mass is 10.2. The third-order valence-electron chi connectivity index (χ3n) is 2.65. The second-order valence-electron chi connectivity index (χ2n) is 4.27. The Bertz CT molecular complexity index is 763. The number of hydrogen-bond acceptors (Lipinski definition) is 3. The van der Waals surface area contributed by atoms with E-state index in [9.17, 15) is 12.8 Å². The molecule has 0 aliphatic heterocycles. The van der Waals surface area contributed by atoms with Gasteiger partial charge in [-0.1, -0.05) is 6.07 Å². The van der Waals surface area contributed by atoms with Gasteiger partial charge in [0, 0.05) is 10.2 Å². The summed E-state index contributed by atoms with van der Waals surface area (Å²) >= 11 is 3.18. The number of sulfonamides is 1. The van der Waals surface area contributed by atoms with E-state index in [-0.39, 0.29) is 16.3 Å². The molecule has 0 aliphatic rings. The fourth-order valence-corrected chi connectivity index (χ4v) is 2.94. The van der Waals surface area contributed by atoms with Gasteiger partial charge in [0.25, 0.3) is 10.0 Å². The second kappa shape index (κ2) is 5.41. The third-order valence-corrected chi connectivity index (χ3v) is 4.73. The minimum absolute atomic E-state index is 0.0295. The summed E-state index contributed by atoms with van der Waals surface area (Å²) in [4.78, 5) is -0.0295. The van der Waals surface area contributed by atoms with Gasteiger partial charge in [-0.05, 0) is 58.7 Å². The number of anilines is 2. The van der Waals surface area contributed by atoms with Crippen molar-refractivity contribution in [2.45, 2.75) is 11.8 Å². The maximum Gasteiger partial charge on any atom is 0.262 e. The van der Waals surface area contributed by atoms with Crippen LogP contribution in [0.25, 0.3) is 0 Å². The molecule has 20 heavy (non-hydrogen) atoms. The number of halogens is 2. The first kappa shape index (κ1) is 14.8. The average Bonchev–Trinajstić information content (AvgIpc) is 2.36. The van der Waals surface area contributed by atoms with Gasteiger partial charge in [-0.3, -0.25) is 4.72 Å². The Morgan fingerprint density at radius 1 is 1.20 bits per heavy atom. The van der Waals surface area contributed by atoms with Crippen molar-refractivity contribution in [2.24, 2.45) is 0 Å². The van der Waals surface area contributed by atoms with E-state index >= 15 is 0 Å². The molecule has 0 aromatic heterocycles. The Hall–Kier alpha value is -1.60.